The summed E-state index contributed by atoms with van der Waals surface area (Å²) in [5.41, 5.74) is 0.706. The summed E-state index contributed by atoms with van der Waals surface area (Å²) in [6.07, 6.45) is 0. The number of fused-ring (bicyclic) bond motifs is 1. The van der Waals surface area contributed by atoms with Crippen LogP contribution in [0.3, 0.4) is 0 Å². The molecule has 2 rings (SSSR count). The van der Waals surface area contributed by atoms with Crippen LogP contribution in [0.5, 0.6) is 5.75 Å². The van der Waals surface area contributed by atoms with Gasteiger partial charge in [-0.15, -0.1) is 0 Å². The third-order valence-electron chi connectivity index (χ3n) is 2.24. The van der Waals surface area contributed by atoms with Crippen LogP contribution in [0.4, 0.5) is 5.69 Å². The third-order valence-corrected chi connectivity index (χ3v) is 3.79. The predicted molar refractivity (Wildman–Crippen MR) is 66.4 cm³/mol. The van der Waals surface area contributed by atoms with Gasteiger partial charge < -0.3 is 4.74 Å². The fraction of sp³-hybridized carbons (Fsp3) is 0.455. The Labute approximate surface area is 106 Å². The topological polar surface area (TPSA) is 57.2 Å². The Kier molecular flexibility index (Phi) is 4.24. The zero-order valence-electron chi connectivity index (χ0n) is 10.4. The second-order valence-electron chi connectivity index (χ2n) is 3.48. The van der Waals surface area contributed by atoms with Crippen molar-refractivity contribution in [2.45, 2.75) is 13.8 Å². The standard InChI is InChI=1S/C11H16NO5P/c1-3-15-18(13,16-4-2)17-12-9-14-11-8-6-5-7-10(11)12/h5-8H,3-4,9H2,1-2H3. The van der Waals surface area contributed by atoms with Crippen LogP contribution in [-0.2, 0) is 18.2 Å². The number of phosphoric ester groups is 1. The first-order chi connectivity index (χ1) is 8.68. The second kappa shape index (κ2) is 5.71. The highest BCUT2D eigenvalue weighted by molar-refractivity contribution is 7.48. The number of hydrogen-bond acceptors (Lipinski definition) is 6. The van der Waals surface area contributed by atoms with Crippen molar-refractivity contribution in [3.8, 4) is 5.75 Å². The highest BCUT2D eigenvalue weighted by Crippen LogP contribution is 2.52. The molecule has 100 valence electrons. The Morgan fingerprint density at radius 2 is 1.94 bits per heavy atom. The van der Waals surface area contributed by atoms with Crippen LogP contribution in [-0.4, -0.2) is 19.9 Å². The van der Waals surface area contributed by atoms with Crippen molar-refractivity contribution in [1.82, 2.24) is 0 Å². The lowest BCUT2D eigenvalue weighted by Gasteiger charge is -2.21. The van der Waals surface area contributed by atoms with Gasteiger partial charge in [-0.3, -0.25) is 9.05 Å². The smallest absolute Gasteiger partial charge is 0.469 e. The molecular weight excluding hydrogens is 257 g/mol. The summed E-state index contributed by atoms with van der Waals surface area (Å²) in [5.74, 6) is 0.678. The molecule has 0 amide bonds. The number of para-hydroxylation sites is 2. The first-order valence-electron chi connectivity index (χ1n) is 5.76. The fourth-order valence-corrected chi connectivity index (χ4v) is 2.75. The van der Waals surface area contributed by atoms with E-state index in [1.54, 1.807) is 13.8 Å². The van der Waals surface area contributed by atoms with Crippen molar-refractivity contribution in [2.24, 2.45) is 0 Å². The molecule has 0 aromatic heterocycles. The minimum absolute atomic E-state index is 0.156. The van der Waals surface area contributed by atoms with E-state index >= 15 is 0 Å². The van der Waals surface area contributed by atoms with Crippen LogP contribution in [0.2, 0.25) is 0 Å². The zero-order chi connectivity index (χ0) is 13.0. The summed E-state index contributed by atoms with van der Waals surface area (Å²) in [6, 6.07) is 7.32. The van der Waals surface area contributed by atoms with E-state index in [0.29, 0.717) is 11.4 Å². The summed E-state index contributed by atoms with van der Waals surface area (Å²) >= 11 is 0. The van der Waals surface area contributed by atoms with E-state index < -0.39 is 7.82 Å². The number of benzene rings is 1. The largest absolute Gasteiger partial charge is 0.496 e. The molecule has 1 aliphatic heterocycles. The molecule has 1 aliphatic rings. The average molecular weight is 273 g/mol. The molecule has 0 fully saturated rings. The van der Waals surface area contributed by atoms with E-state index in [0.717, 1.165) is 0 Å². The van der Waals surface area contributed by atoms with Gasteiger partial charge in [-0.1, -0.05) is 12.1 Å². The maximum atomic E-state index is 12.2. The molecule has 0 radical (unpaired) electrons. The summed E-state index contributed by atoms with van der Waals surface area (Å²) in [4.78, 5) is 0. The third kappa shape index (κ3) is 2.84. The van der Waals surface area contributed by atoms with Gasteiger partial charge in [0.1, 0.15) is 11.4 Å². The van der Waals surface area contributed by atoms with Crippen LogP contribution < -0.4 is 9.80 Å². The van der Waals surface area contributed by atoms with Gasteiger partial charge in [0.2, 0.25) is 0 Å². The van der Waals surface area contributed by atoms with Crippen molar-refractivity contribution < 1.29 is 23.0 Å². The molecule has 6 nitrogen and oxygen atoms in total. The van der Waals surface area contributed by atoms with Gasteiger partial charge in [0.15, 0.2) is 6.73 Å². The van der Waals surface area contributed by atoms with Crippen molar-refractivity contribution in [2.75, 3.05) is 25.0 Å². The average Bonchev–Trinajstić information content (AvgIpc) is 2.73. The van der Waals surface area contributed by atoms with Gasteiger partial charge in [0.05, 0.1) is 13.2 Å². The van der Waals surface area contributed by atoms with E-state index in [2.05, 4.69) is 0 Å². The summed E-state index contributed by atoms with van der Waals surface area (Å²) in [6.45, 7) is 4.09. The minimum atomic E-state index is -3.58. The normalized spacial score (nSPS) is 14.4. The van der Waals surface area contributed by atoms with Gasteiger partial charge in [-0.25, -0.2) is 9.63 Å². The van der Waals surface area contributed by atoms with Crippen molar-refractivity contribution in [3.05, 3.63) is 24.3 Å². The van der Waals surface area contributed by atoms with E-state index in [1.165, 1.54) is 5.06 Å². The number of nitrogens with zero attached hydrogens (tertiary/aromatic N) is 1. The Balaban J connectivity index is 2.12. The molecule has 0 aliphatic carbocycles. The SMILES string of the molecule is CCOP(=O)(OCC)ON1COc2ccccc21. The summed E-state index contributed by atoms with van der Waals surface area (Å²) in [7, 11) is -3.58. The van der Waals surface area contributed by atoms with Crippen LogP contribution in [0, 0.1) is 0 Å². The van der Waals surface area contributed by atoms with Crippen LogP contribution in [0.25, 0.3) is 0 Å². The molecule has 0 saturated heterocycles. The molecule has 0 saturated carbocycles. The highest BCUT2D eigenvalue weighted by atomic mass is 31.2. The van der Waals surface area contributed by atoms with E-state index in [4.69, 9.17) is 18.4 Å². The lowest BCUT2D eigenvalue weighted by molar-refractivity contribution is 0.0994. The van der Waals surface area contributed by atoms with Gasteiger partial charge in [0, 0.05) is 0 Å². The first-order valence-corrected chi connectivity index (χ1v) is 7.23. The Morgan fingerprint density at radius 3 is 2.61 bits per heavy atom. The Hall–Kier alpha value is -1.07. The Bertz CT molecular complexity index is 443. The molecule has 1 aromatic carbocycles. The second-order valence-corrected chi connectivity index (χ2v) is 5.06. The molecular formula is C11H16NO5P. The molecule has 0 atom stereocenters. The van der Waals surface area contributed by atoms with Crippen LogP contribution in [0.15, 0.2) is 24.3 Å². The maximum absolute atomic E-state index is 12.2. The predicted octanol–water partition coefficient (Wildman–Crippen LogP) is 2.96. The first kappa shape index (κ1) is 13.4. The Morgan fingerprint density at radius 1 is 1.28 bits per heavy atom. The number of ether oxygens (including phenoxy) is 1. The summed E-state index contributed by atoms with van der Waals surface area (Å²) < 4.78 is 33.0. The van der Waals surface area contributed by atoms with Crippen LogP contribution in [0.1, 0.15) is 13.8 Å². The lowest BCUT2D eigenvalue weighted by Crippen LogP contribution is -2.22. The lowest BCUT2D eigenvalue weighted by atomic mass is 10.3. The number of hydroxylamine groups is 1. The van der Waals surface area contributed by atoms with Crippen molar-refractivity contribution in [3.63, 3.8) is 0 Å². The fourth-order valence-electron chi connectivity index (χ4n) is 1.57. The minimum Gasteiger partial charge on any atom is -0.469 e. The molecule has 0 unspecified atom stereocenters. The van der Waals surface area contributed by atoms with Gasteiger partial charge >= 0.3 is 7.82 Å². The van der Waals surface area contributed by atoms with E-state index in [1.807, 2.05) is 24.3 Å². The zero-order valence-corrected chi connectivity index (χ0v) is 11.3. The van der Waals surface area contributed by atoms with Gasteiger partial charge in [-0.2, -0.15) is 4.62 Å². The molecule has 1 heterocycles. The maximum Gasteiger partial charge on any atom is 0.496 e. The highest BCUT2D eigenvalue weighted by Gasteiger charge is 2.33. The van der Waals surface area contributed by atoms with Crippen molar-refractivity contribution in [1.29, 1.82) is 0 Å². The van der Waals surface area contributed by atoms with Gasteiger partial charge in [-0.05, 0) is 26.0 Å². The van der Waals surface area contributed by atoms with Crippen LogP contribution >= 0.6 is 7.82 Å². The molecule has 1 aromatic rings. The van der Waals surface area contributed by atoms with Crippen molar-refractivity contribution >= 4 is 13.5 Å². The molecule has 0 spiro atoms. The summed E-state index contributed by atoms with van der Waals surface area (Å²) in [5, 5.41) is 1.38. The number of phosphoric acid groups is 1. The number of hydrogen-bond donors (Lipinski definition) is 0. The van der Waals surface area contributed by atoms with E-state index in [-0.39, 0.29) is 19.9 Å². The molecule has 7 heteroatoms. The molecule has 0 bridgehead atoms. The quantitative estimate of drug-likeness (QED) is 0.743. The monoisotopic (exact) mass is 273 g/mol. The van der Waals surface area contributed by atoms with E-state index in [9.17, 15) is 4.57 Å². The number of rotatable bonds is 6. The number of anilines is 1. The molecule has 18 heavy (non-hydrogen) atoms. The molecule has 0 N–H and O–H groups in total. The van der Waals surface area contributed by atoms with Gasteiger partial charge in [0.25, 0.3) is 0 Å².